The average Bonchev–Trinajstić information content (AvgIpc) is 2.82. The van der Waals surface area contributed by atoms with E-state index in [1.807, 2.05) is 0 Å². The van der Waals surface area contributed by atoms with Crippen molar-refractivity contribution >= 4 is 12.0 Å². The first-order chi connectivity index (χ1) is 8.65. The van der Waals surface area contributed by atoms with Crippen LogP contribution in [0.1, 0.15) is 32.1 Å². The minimum atomic E-state index is -0.721. The first-order valence-corrected chi connectivity index (χ1v) is 6.52. The van der Waals surface area contributed by atoms with Gasteiger partial charge in [0.2, 0.25) is 0 Å². The van der Waals surface area contributed by atoms with Crippen molar-refractivity contribution in [1.29, 1.82) is 0 Å². The van der Waals surface area contributed by atoms with Crippen LogP contribution in [0.2, 0.25) is 0 Å². The molecule has 0 aromatic carbocycles. The lowest BCUT2D eigenvalue weighted by atomic mass is 9.86. The lowest BCUT2D eigenvalue weighted by Crippen LogP contribution is -2.47. The van der Waals surface area contributed by atoms with Crippen molar-refractivity contribution in [3.8, 4) is 0 Å². The molecule has 0 spiro atoms. The summed E-state index contributed by atoms with van der Waals surface area (Å²) in [7, 11) is 0. The minimum absolute atomic E-state index is 0.0999. The minimum Gasteiger partial charge on any atom is -0.481 e. The topological polar surface area (TPSA) is 87.7 Å². The van der Waals surface area contributed by atoms with Gasteiger partial charge in [0.05, 0.1) is 18.6 Å². The zero-order valence-electron chi connectivity index (χ0n) is 10.4. The maximum atomic E-state index is 11.7. The van der Waals surface area contributed by atoms with Gasteiger partial charge >= 0.3 is 12.0 Å². The fourth-order valence-electron chi connectivity index (χ4n) is 2.55. The van der Waals surface area contributed by atoms with E-state index in [-0.39, 0.29) is 24.0 Å². The van der Waals surface area contributed by atoms with Gasteiger partial charge in [0.25, 0.3) is 0 Å². The number of aliphatic carboxylic acids is 1. The predicted octanol–water partition coefficient (Wildman–Crippen LogP) is 0.718. The fourth-order valence-corrected chi connectivity index (χ4v) is 2.55. The molecule has 102 valence electrons. The lowest BCUT2D eigenvalue weighted by molar-refractivity contribution is -0.142. The van der Waals surface area contributed by atoms with E-state index in [1.54, 1.807) is 0 Å². The molecule has 18 heavy (non-hydrogen) atoms. The Morgan fingerprint density at radius 1 is 1.00 bits per heavy atom. The highest BCUT2D eigenvalue weighted by atomic mass is 16.5. The number of carboxylic acid groups (broad SMARTS) is 1. The Morgan fingerprint density at radius 2 is 1.67 bits per heavy atom. The molecule has 1 saturated carbocycles. The molecule has 0 unspecified atom stereocenters. The number of carboxylic acids is 1. The van der Waals surface area contributed by atoms with Crippen molar-refractivity contribution < 1.29 is 19.4 Å². The molecule has 1 aliphatic heterocycles. The number of hydrogen-bond acceptors (Lipinski definition) is 3. The molecule has 2 fully saturated rings. The molecule has 1 saturated heterocycles. The molecule has 2 amide bonds. The normalized spacial score (nSPS) is 31.9. The summed E-state index contributed by atoms with van der Waals surface area (Å²) in [5, 5.41) is 14.7. The highest BCUT2D eigenvalue weighted by Crippen LogP contribution is 2.24. The van der Waals surface area contributed by atoms with Crippen LogP contribution in [0.4, 0.5) is 4.79 Å². The van der Waals surface area contributed by atoms with Gasteiger partial charge in [-0.15, -0.1) is 0 Å². The standard InChI is InChI=1S/C12H20N2O4/c15-11(16)8-1-3-9(4-2-8)13-12(17)14-10-5-6-18-7-10/h8-10H,1-7H2,(H,15,16)(H2,13,14,17)/t8?,9?,10-/m0/s1. The maximum Gasteiger partial charge on any atom is 0.315 e. The highest BCUT2D eigenvalue weighted by molar-refractivity contribution is 5.74. The summed E-state index contributed by atoms with van der Waals surface area (Å²) < 4.78 is 5.18. The number of ether oxygens (including phenoxy) is 1. The van der Waals surface area contributed by atoms with Crippen LogP contribution >= 0.6 is 0 Å². The Bertz CT molecular complexity index is 307. The van der Waals surface area contributed by atoms with Gasteiger partial charge in [0, 0.05) is 12.6 Å². The van der Waals surface area contributed by atoms with E-state index in [4.69, 9.17) is 9.84 Å². The molecule has 3 N–H and O–H groups in total. The Hall–Kier alpha value is -1.30. The third kappa shape index (κ3) is 3.60. The second kappa shape index (κ2) is 6.04. The van der Waals surface area contributed by atoms with E-state index in [0.717, 1.165) is 19.3 Å². The zero-order chi connectivity index (χ0) is 13.0. The smallest absolute Gasteiger partial charge is 0.315 e. The summed E-state index contributed by atoms with van der Waals surface area (Å²) in [6.07, 6.45) is 3.63. The van der Waals surface area contributed by atoms with Gasteiger partial charge in [-0.3, -0.25) is 4.79 Å². The van der Waals surface area contributed by atoms with Gasteiger partial charge in [0.1, 0.15) is 0 Å². The molecule has 0 aromatic rings. The van der Waals surface area contributed by atoms with Crippen molar-refractivity contribution in [2.24, 2.45) is 5.92 Å². The largest absolute Gasteiger partial charge is 0.481 e. The highest BCUT2D eigenvalue weighted by Gasteiger charge is 2.27. The fraction of sp³-hybridized carbons (Fsp3) is 0.833. The van der Waals surface area contributed by atoms with E-state index in [0.29, 0.717) is 26.1 Å². The van der Waals surface area contributed by atoms with Crippen molar-refractivity contribution in [1.82, 2.24) is 10.6 Å². The van der Waals surface area contributed by atoms with E-state index in [2.05, 4.69) is 10.6 Å². The first-order valence-electron chi connectivity index (χ1n) is 6.52. The van der Waals surface area contributed by atoms with Crippen molar-refractivity contribution in [3.05, 3.63) is 0 Å². The summed E-state index contributed by atoms with van der Waals surface area (Å²) in [4.78, 5) is 22.5. The summed E-state index contributed by atoms with van der Waals surface area (Å²) in [6.45, 7) is 1.29. The van der Waals surface area contributed by atoms with Crippen LogP contribution in [0, 0.1) is 5.92 Å². The Balaban J connectivity index is 1.67. The van der Waals surface area contributed by atoms with Crippen molar-refractivity contribution in [2.45, 2.75) is 44.2 Å². The molecule has 0 aromatic heterocycles. The molecular weight excluding hydrogens is 236 g/mol. The third-order valence-electron chi connectivity index (χ3n) is 3.68. The number of carbonyl (C=O) groups excluding carboxylic acids is 1. The van der Waals surface area contributed by atoms with Crippen molar-refractivity contribution in [2.75, 3.05) is 13.2 Å². The molecule has 2 aliphatic rings. The van der Waals surface area contributed by atoms with E-state index >= 15 is 0 Å². The van der Waals surface area contributed by atoms with E-state index in [9.17, 15) is 9.59 Å². The van der Waals surface area contributed by atoms with Crippen LogP contribution in [0.25, 0.3) is 0 Å². The Kier molecular flexibility index (Phi) is 4.41. The van der Waals surface area contributed by atoms with Gasteiger partial charge in [0.15, 0.2) is 0 Å². The van der Waals surface area contributed by atoms with E-state index in [1.165, 1.54) is 0 Å². The zero-order valence-corrected chi connectivity index (χ0v) is 10.4. The molecule has 1 aliphatic carbocycles. The van der Waals surface area contributed by atoms with Crippen LogP contribution in [-0.4, -0.2) is 42.4 Å². The second-order valence-electron chi connectivity index (χ2n) is 5.07. The summed E-state index contributed by atoms with van der Waals surface area (Å²) in [5.74, 6) is -0.963. The van der Waals surface area contributed by atoms with Gasteiger partial charge in [-0.2, -0.15) is 0 Å². The molecule has 6 heteroatoms. The van der Waals surface area contributed by atoms with E-state index < -0.39 is 5.97 Å². The van der Waals surface area contributed by atoms with Gasteiger partial charge in [-0.1, -0.05) is 0 Å². The number of hydrogen-bond donors (Lipinski definition) is 3. The number of nitrogens with one attached hydrogen (secondary N) is 2. The van der Waals surface area contributed by atoms with Gasteiger partial charge in [-0.05, 0) is 32.1 Å². The summed E-state index contributed by atoms with van der Waals surface area (Å²) in [6, 6.07) is 0.0487. The molecule has 2 rings (SSSR count). The number of carbonyl (C=O) groups is 2. The quantitative estimate of drug-likeness (QED) is 0.694. The van der Waals surface area contributed by atoms with Gasteiger partial charge < -0.3 is 20.5 Å². The molecule has 0 bridgehead atoms. The number of urea groups is 1. The van der Waals surface area contributed by atoms with Crippen LogP contribution in [-0.2, 0) is 9.53 Å². The lowest BCUT2D eigenvalue weighted by Gasteiger charge is -2.27. The van der Waals surface area contributed by atoms with Crippen LogP contribution in [0.3, 0.4) is 0 Å². The van der Waals surface area contributed by atoms with Crippen LogP contribution < -0.4 is 10.6 Å². The molecule has 0 radical (unpaired) electrons. The van der Waals surface area contributed by atoms with Crippen LogP contribution in [0.15, 0.2) is 0 Å². The maximum absolute atomic E-state index is 11.7. The molecule has 1 atom stereocenters. The monoisotopic (exact) mass is 256 g/mol. The Labute approximate surface area is 106 Å². The first kappa shape index (κ1) is 13.1. The van der Waals surface area contributed by atoms with Gasteiger partial charge in [-0.25, -0.2) is 4.79 Å². The van der Waals surface area contributed by atoms with Crippen molar-refractivity contribution in [3.63, 3.8) is 0 Å². The van der Waals surface area contributed by atoms with Crippen LogP contribution in [0.5, 0.6) is 0 Å². The second-order valence-corrected chi connectivity index (χ2v) is 5.07. The predicted molar refractivity (Wildman–Crippen MR) is 64.3 cm³/mol. The summed E-state index contributed by atoms with van der Waals surface area (Å²) in [5.41, 5.74) is 0. The Morgan fingerprint density at radius 3 is 2.22 bits per heavy atom. The number of amides is 2. The summed E-state index contributed by atoms with van der Waals surface area (Å²) >= 11 is 0. The molecule has 1 heterocycles. The molecule has 6 nitrogen and oxygen atoms in total. The molecular formula is C12H20N2O4. The average molecular weight is 256 g/mol. The SMILES string of the molecule is O=C(NC1CCC(C(=O)O)CC1)N[C@H]1CCOC1. The number of rotatable bonds is 3. The third-order valence-corrected chi connectivity index (χ3v) is 3.68.